The minimum absolute atomic E-state index is 0.218. The number of benzene rings is 2. The Balaban J connectivity index is 2.10. The number of hydrogen-bond donors (Lipinski definition) is 0. The zero-order valence-corrected chi connectivity index (χ0v) is 15.8. The normalized spacial score (nSPS) is 10.9. The van der Waals surface area contributed by atoms with Crippen molar-refractivity contribution in [2.24, 2.45) is 4.99 Å². The van der Waals surface area contributed by atoms with Crippen LogP contribution in [0.25, 0.3) is 0 Å². The van der Waals surface area contributed by atoms with Crippen molar-refractivity contribution in [1.29, 1.82) is 0 Å². The van der Waals surface area contributed by atoms with Crippen LogP contribution in [-0.2, 0) is 11.3 Å². The highest BCUT2D eigenvalue weighted by atomic mass is 35.5. The zero-order valence-electron chi connectivity index (χ0n) is 15.0. The molecule has 132 valence electrons. The van der Waals surface area contributed by atoms with E-state index in [2.05, 4.69) is 11.9 Å². The molecule has 0 saturated carbocycles. The molecule has 0 bridgehead atoms. The highest BCUT2D eigenvalue weighted by Gasteiger charge is 2.14. The number of ether oxygens (including phenoxy) is 1. The summed E-state index contributed by atoms with van der Waals surface area (Å²) < 4.78 is 5.42. The van der Waals surface area contributed by atoms with Gasteiger partial charge in [-0.1, -0.05) is 23.7 Å². The van der Waals surface area contributed by atoms with Crippen molar-refractivity contribution in [3.63, 3.8) is 0 Å². The van der Waals surface area contributed by atoms with E-state index in [9.17, 15) is 4.79 Å². The summed E-state index contributed by atoms with van der Waals surface area (Å²) in [6, 6.07) is 10.9. The smallest absolute Gasteiger partial charge is 0.338 e. The lowest BCUT2D eigenvalue weighted by Gasteiger charge is -2.12. The van der Waals surface area contributed by atoms with Crippen LogP contribution in [0, 0.1) is 13.8 Å². The van der Waals surface area contributed by atoms with Gasteiger partial charge in [0, 0.05) is 18.6 Å². The first kappa shape index (κ1) is 19.0. The van der Waals surface area contributed by atoms with E-state index >= 15 is 0 Å². The summed E-state index contributed by atoms with van der Waals surface area (Å²) in [7, 11) is 1.97. The van der Waals surface area contributed by atoms with Crippen LogP contribution in [0.5, 0.6) is 0 Å². The fourth-order valence-corrected chi connectivity index (χ4v) is 2.34. The van der Waals surface area contributed by atoms with Crippen LogP contribution in [0.4, 0.5) is 5.69 Å². The Bertz CT molecular complexity index is 770. The minimum atomic E-state index is -0.336. The van der Waals surface area contributed by atoms with E-state index in [0.29, 0.717) is 10.6 Å². The van der Waals surface area contributed by atoms with Crippen LogP contribution < -0.4 is 0 Å². The van der Waals surface area contributed by atoms with Crippen molar-refractivity contribution in [1.82, 2.24) is 4.90 Å². The van der Waals surface area contributed by atoms with E-state index in [1.165, 1.54) is 0 Å². The van der Waals surface area contributed by atoms with Crippen LogP contribution >= 0.6 is 11.6 Å². The van der Waals surface area contributed by atoms with Crippen molar-refractivity contribution in [2.75, 3.05) is 13.6 Å². The summed E-state index contributed by atoms with van der Waals surface area (Å²) in [5.41, 5.74) is 4.17. The number of carbonyl (C=O) groups is 1. The second kappa shape index (κ2) is 8.67. The molecule has 5 heteroatoms. The summed E-state index contributed by atoms with van der Waals surface area (Å²) in [6.07, 6.45) is 1.79. The van der Waals surface area contributed by atoms with Gasteiger partial charge in [-0.2, -0.15) is 0 Å². The monoisotopic (exact) mass is 358 g/mol. The summed E-state index contributed by atoms with van der Waals surface area (Å²) >= 11 is 5.86. The molecule has 0 amide bonds. The van der Waals surface area contributed by atoms with Crippen LogP contribution in [-0.4, -0.2) is 30.8 Å². The average molecular weight is 359 g/mol. The van der Waals surface area contributed by atoms with Gasteiger partial charge in [-0.15, -0.1) is 0 Å². The molecule has 2 rings (SSSR count). The van der Waals surface area contributed by atoms with Gasteiger partial charge >= 0.3 is 5.97 Å². The fraction of sp³-hybridized carbons (Fsp3) is 0.300. The van der Waals surface area contributed by atoms with E-state index < -0.39 is 0 Å². The largest absolute Gasteiger partial charge is 0.457 e. The third-order valence-corrected chi connectivity index (χ3v) is 4.41. The Hall–Kier alpha value is -2.33. The van der Waals surface area contributed by atoms with Crippen LogP contribution in [0.1, 0.15) is 34.0 Å². The van der Waals surface area contributed by atoms with Crippen molar-refractivity contribution in [2.45, 2.75) is 27.4 Å². The molecule has 0 aliphatic rings. The van der Waals surface area contributed by atoms with E-state index in [-0.39, 0.29) is 12.6 Å². The summed E-state index contributed by atoms with van der Waals surface area (Å²) in [4.78, 5) is 18.9. The molecule has 2 aromatic rings. The molecule has 25 heavy (non-hydrogen) atoms. The maximum absolute atomic E-state index is 12.4. The van der Waals surface area contributed by atoms with Crippen molar-refractivity contribution >= 4 is 29.6 Å². The van der Waals surface area contributed by atoms with E-state index in [0.717, 1.165) is 28.9 Å². The predicted octanol–water partition coefficient (Wildman–Crippen LogP) is 4.93. The van der Waals surface area contributed by atoms with E-state index in [4.69, 9.17) is 16.3 Å². The quantitative estimate of drug-likeness (QED) is 0.418. The van der Waals surface area contributed by atoms with Gasteiger partial charge in [0.15, 0.2) is 0 Å². The van der Waals surface area contributed by atoms with Crippen LogP contribution in [0.2, 0.25) is 5.02 Å². The molecule has 2 aromatic carbocycles. The Morgan fingerprint density at radius 3 is 2.48 bits per heavy atom. The maximum atomic E-state index is 12.4. The molecule has 0 atom stereocenters. The topological polar surface area (TPSA) is 41.9 Å². The van der Waals surface area contributed by atoms with E-state index in [1.807, 2.05) is 44.0 Å². The number of rotatable bonds is 6. The van der Waals surface area contributed by atoms with Crippen molar-refractivity contribution in [3.05, 3.63) is 63.7 Å². The molecular weight excluding hydrogens is 336 g/mol. The Kier molecular flexibility index (Phi) is 6.59. The molecule has 0 heterocycles. The number of aliphatic imine (C=N–C) groups is 1. The van der Waals surface area contributed by atoms with Gasteiger partial charge in [0.05, 0.1) is 17.6 Å². The SMILES string of the molecule is CCN(C)C=Nc1ccc(C(=O)OCc2ccc(Cl)cc2)c(C)c1C. The lowest BCUT2D eigenvalue weighted by Crippen LogP contribution is -2.14. The summed E-state index contributed by atoms with van der Waals surface area (Å²) in [5.74, 6) is -0.336. The number of hydrogen-bond acceptors (Lipinski definition) is 3. The third kappa shape index (κ3) is 5.07. The molecule has 0 saturated heterocycles. The van der Waals surface area contributed by atoms with Crippen molar-refractivity contribution < 1.29 is 9.53 Å². The lowest BCUT2D eigenvalue weighted by atomic mass is 10.0. The first-order valence-electron chi connectivity index (χ1n) is 8.18. The molecule has 0 radical (unpaired) electrons. The van der Waals surface area contributed by atoms with E-state index in [1.54, 1.807) is 24.5 Å². The van der Waals surface area contributed by atoms with Gasteiger partial charge in [0.25, 0.3) is 0 Å². The lowest BCUT2D eigenvalue weighted by molar-refractivity contribution is 0.0472. The number of carbonyl (C=O) groups excluding carboxylic acids is 1. The number of esters is 1. The standard InChI is InChI=1S/C20H23ClN2O2/c1-5-23(4)13-22-19-11-10-18(14(2)15(19)3)20(24)25-12-16-6-8-17(21)9-7-16/h6-11,13H,5,12H2,1-4H3. The molecule has 0 aliphatic heterocycles. The molecular formula is C20H23ClN2O2. The second-order valence-corrected chi connectivity index (χ2v) is 6.34. The Morgan fingerprint density at radius 2 is 1.84 bits per heavy atom. The summed E-state index contributed by atoms with van der Waals surface area (Å²) in [5, 5.41) is 0.659. The first-order chi connectivity index (χ1) is 11.9. The highest BCUT2D eigenvalue weighted by Crippen LogP contribution is 2.25. The second-order valence-electron chi connectivity index (χ2n) is 5.90. The molecule has 4 nitrogen and oxygen atoms in total. The summed E-state index contributed by atoms with van der Waals surface area (Å²) in [6.45, 7) is 7.04. The number of halogens is 1. The molecule has 0 N–H and O–H groups in total. The van der Waals surface area contributed by atoms with Crippen LogP contribution in [0.3, 0.4) is 0 Å². The third-order valence-electron chi connectivity index (χ3n) is 4.15. The molecule has 0 aliphatic carbocycles. The predicted molar refractivity (Wildman–Crippen MR) is 103 cm³/mol. The van der Waals surface area contributed by atoms with Gasteiger partial charge in [-0.3, -0.25) is 0 Å². The van der Waals surface area contributed by atoms with Gasteiger partial charge < -0.3 is 9.64 Å². The van der Waals surface area contributed by atoms with Gasteiger partial charge in [-0.05, 0) is 61.7 Å². The molecule has 0 aromatic heterocycles. The molecule has 0 unspecified atom stereocenters. The minimum Gasteiger partial charge on any atom is -0.457 e. The molecule has 0 fully saturated rings. The fourth-order valence-electron chi connectivity index (χ4n) is 2.22. The maximum Gasteiger partial charge on any atom is 0.338 e. The molecule has 0 spiro atoms. The van der Waals surface area contributed by atoms with Crippen LogP contribution in [0.15, 0.2) is 41.4 Å². The first-order valence-corrected chi connectivity index (χ1v) is 8.56. The number of nitrogens with zero attached hydrogens (tertiary/aromatic N) is 2. The average Bonchev–Trinajstić information content (AvgIpc) is 2.62. The van der Waals surface area contributed by atoms with Gasteiger partial charge in [-0.25, -0.2) is 9.79 Å². The highest BCUT2D eigenvalue weighted by molar-refractivity contribution is 6.30. The Morgan fingerprint density at radius 1 is 1.16 bits per heavy atom. The van der Waals surface area contributed by atoms with Crippen molar-refractivity contribution in [3.8, 4) is 0 Å². The Labute approximate surface area is 154 Å². The van der Waals surface area contributed by atoms with Gasteiger partial charge in [0.1, 0.15) is 6.61 Å². The van der Waals surface area contributed by atoms with Gasteiger partial charge in [0.2, 0.25) is 0 Å². The zero-order chi connectivity index (χ0) is 18.4.